The van der Waals surface area contributed by atoms with Gasteiger partial charge >= 0.3 is 5.97 Å². The average molecular weight is 152 g/mol. The van der Waals surface area contributed by atoms with Crippen molar-refractivity contribution in [1.82, 2.24) is 0 Å². The lowest BCUT2D eigenvalue weighted by Gasteiger charge is -1.94. The molecule has 1 N–H and O–H groups in total. The van der Waals surface area contributed by atoms with Crippen molar-refractivity contribution in [3.8, 4) is 0 Å². The summed E-state index contributed by atoms with van der Waals surface area (Å²) in [5.74, 6) is -0.331. The maximum absolute atomic E-state index is 10.3. The van der Waals surface area contributed by atoms with Crippen LogP contribution < -0.4 is 0 Å². The molecule has 0 aromatic rings. The van der Waals surface area contributed by atoms with E-state index in [0.717, 1.165) is 6.21 Å². The van der Waals surface area contributed by atoms with Crippen molar-refractivity contribution in [3.05, 3.63) is 0 Å². The third kappa shape index (κ3) is 7.43. The van der Waals surface area contributed by atoms with Gasteiger partial charge in [-0.05, 0) is 6.92 Å². The molecule has 3 nitrogen and oxygen atoms in total. The average Bonchev–Trinajstić information content (AvgIpc) is 1.68. The summed E-state index contributed by atoms with van der Waals surface area (Å²) in [5.41, 5.74) is 0. The van der Waals surface area contributed by atoms with Gasteiger partial charge in [-0.3, -0.25) is 4.79 Å². The Hall–Kier alpha value is -0.570. The van der Waals surface area contributed by atoms with Gasteiger partial charge < -0.3 is 10.1 Å². The van der Waals surface area contributed by atoms with Gasteiger partial charge in [-0.2, -0.15) is 0 Å². The number of hydrogen-bond donors (Lipinski definition) is 1. The van der Waals surface area contributed by atoms with E-state index in [1.807, 2.05) is 0 Å². The number of rotatable bonds is 3. The molecule has 0 bridgehead atoms. The second kappa shape index (κ2) is 7.43. The molecule has 0 unspecified atom stereocenters. The summed E-state index contributed by atoms with van der Waals surface area (Å²) in [6, 6.07) is 0. The maximum Gasteiger partial charge on any atom is 0.311 e. The third-order valence-corrected chi connectivity index (χ3v) is 0.574. The van der Waals surface area contributed by atoms with Crippen molar-refractivity contribution in [1.29, 1.82) is 5.41 Å². The van der Waals surface area contributed by atoms with Crippen molar-refractivity contribution < 1.29 is 9.53 Å². The molecule has 0 saturated heterocycles. The fraction of sp³-hybridized carbons (Fsp3) is 0.600. The monoisotopic (exact) mass is 151 g/mol. The molecule has 0 atom stereocenters. The molecule has 0 saturated carbocycles. The summed E-state index contributed by atoms with van der Waals surface area (Å²) >= 11 is 0. The number of hydrogen-bond acceptors (Lipinski definition) is 3. The predicted octanol–water partition coefficient (Wildman–Crippen LogP) is 1.01. The van der Waals surface area contributed by atoms with Crippen LogP contribution in [0.4, 0.5) is 0 Å². The van der Waals surface area contributed by atoms with Gasteiger partial charge in [0.1, 0.15) is 0 Å². The highest BCUT2D eigenvalue weighted by molar-refractivity contribution is 5.85. The largest absolute Gasteiger partial charge is 0.466 e. The van der Waals surface area contributed by atoms with Crippen molar-refractivity contribution in [2.75, 3.05) is 6.61 Å². The summed E-state index contributed by atoms with van der Waals surface area (Å²) in [6.45, 7) is 2.13. The van der Waals surface area contributed by atoms with Gasteiger partial charge in [-0.1, -0.05) is 0 Å². The van der Waals surface area contributed by atoms with E-state index in [1.165, 1.54) is 0 Å². The van der Waals surface area contributed by atoms with Crippen LogP contribution in [0.1, 0.15) is 13.3 Å². The first kappa shape index (κ1) is 11.3. The number of esters is 1. The first-order valence-corrected chi connectivity index (χ1v) is 2.45. The van der Waals surface area contributed by atoms with Gasteiger partial charge in [-0.25, -0.2) is 0 Å². The van der Waals surface area contributed by atoms with Crippen LogP contribution in [0.5, 0.6) is 0 Å². The van der Waals surface area contributed by atoms with E-state index in [1.54, 1.807) is 6.92 Å². The Balaban J connectivity index is 0. The smallest absolute Gasteiger partial charge is 0.311 e. The molecule has 4 heteroatoms. The molecule has 0 fully saturated rings. The third-order valence-electron chi connectivity index (χ3n) is 0.574. The molecule has 0 heterocycles. The lowest BCUT2D eigenvalue weighted by molar-refractivity contribution is -0.141. The second-order valence-electron chi connectivity index (χ2n) is 1.21. The Morgan fingerprint density at radius 2 is 2.33 bits per heavy atom. The number of carbonyl (C=O) groups excluding carboxylic acids is 1. The Kier molecular flexibility index (Phi) is 9.29. The zero-order chi connectivity index (χ0) is 6.41. The lowest BCUT2D eigenvalue weighted by Crippen LogP contribution is -2.02. The quantitative estimate of drug-likeness (QED) is 0.484. The number of ether oxygens (including phenoxy) is 1. The summed E-state index contributed by atoms with van der Waals surface area (Å²) in [5, 5.41) is 6.49. The standard InChI is InChI=1S/C5H9NO2.ClH/c1-2-8-5(7)3-4-6;/h4,6H,2-3H2,1H3;1H. The first-order valence-electron chi connectivity index (χ1n) is 2.45. The molecule has 9 heavy (non-hydrogen) atoms. The van der Waals surface area contributed by atoms with Crippen LogP contribution in [-0.4, -0.2) is 18.8 Å². The minimum absolute atomic E-state index is 0. The fourth-order valence-electron chi connectivity index (χ4n) is 0.303. The second-order valence-corrected chi connectivity index (χ2v) is 1.21. The van der Waals surface area contributed by atoms with Crippen molar-refractivity contribution in [2.24, 2.45) is 0 Å². The highest BCUT2D eigenvalue weighted by atomic mass is 35.5. The van der Waals surface area contributed by atoms with Crippen molar-refractivity contribution in [3.63, 3.8) is 0 Å². The normalized spacial score (nSPS) is 7.22. The van der Waals surface area contributed by atoms with Crippen LogP contribution in [0.2, 0.25) is 0 Å². The topological polar surface area (TPSA) is 50.2 Å². The first-order chi connectivity index (χ1) is 3.81. The van der Waals surface area contributed by atoms with E-state index in [2.05, 4.69) is 4.74 Å². The van der Waals surface area contributed by atoms with Crippen LogP contribution in [0.25, 0.3) is 0 Å². The summed E-state index contributed by atoms with van der Waals surface area (Å²) in [6.07, 6.45) is 1.12. The van der Waals surface area contributed by atoms with E-state index >= 15 is 0 Å². The maximum atomic E-state index is 10.3. The lowest BCUT2D eigenvalue weighted by atomic mass is 10.5. The molecule has 0 amide bonds. The number of carbonyl (C=O) groups is 1. The molecule has 0 radical (unpaired) electrons. The summed E-state index contributed by atoms with van der Waals surface area (Å²) < 4.78 is 4.49. The molecule has 0 aliphatic heterocycles. The SMILES string of the molecule is CCOC(=O)CC=N.Cl. The number of halogens is 1. The van der Waals surface area contributed by atoms with E-state index < -0.39 is 0 Å². The zero-order valence-electron chi connectivity index (χ0n) is 5.22. The van der Waals surface area contributed by atoms with E-state index in [9.17, 15) is 4.79 Å². The van der Waals surface area contributed by atoms with E-state index in [0.29, 0.717) is 6.61 Å². The van der Waals surface area contributed by atoms with Gasteiger partial charge in [0, 0.05) is 6.21 Å². The van der Waals surface area contributed by atoms with E-state index in [-0.39, 0.29) is 24.8 Å². The Morgan fingerprint density at radius 1 is 1.78 bits per heavy atom. The van der Waals surface area contributed by atoms with Gasteiger partial charge in [0.25, 0.3) is 0 Å². The molecular weight excluding hydrogens is 142 g/mol. The number of nitrogens with one attached hydrogen (secondary N) is 1. The van der Waals surface area contributed by atoms with E-state index in [4.69, 9.17) is 5.41 Å². The Labute approximate surface area is 60.3 Å². The Bertz CT molecular complexity index is 95.0. The van der Waals surface area contributed by atoms with Gasteiger partial charge in [0.05, 0.1) is 13.0 Å². The molecular formula is C5H10ClNO2. The molecule has 0 aromatic carbocycles. The van der Waals surface area contributed by atoms with Crippen LogP contribution in [0, 0.1) is 5.41 Å². The summed E-state index contributed by atoms with van der Waals surface area (Å²) in [4.78, 5) is 10.3. The van der Waals surface area contributed by atoms with Crippen LogP contribution >= 0.6 is 12.4 Å². The fourth-order valence-corrected chi connectivity index (χ4v) is 0.303. The predicted molar refractivity (Wildman–Crippen MR) is 37.3 cm³/mol. The minimum Gasteiger partial charge on any atom is -0.466 e. The van der Waals surface area contributed by atoms with Crippen molar-refractivity contribution >= 4 is 24.6 Å². The van der Waals surface area contributed by atoms with Gasteiger partial charge in [-0.15, -0.1) is 12.4 Å². The van der Waals surface area contributed by atoms with Gasteiger partial charge in [0.15, 0.2) is 0 Å². The van der Waals surface area contributed by atoms with Crippen LogP contribution in [-0.2, 0) is 9.53 Å². The van der Waals surface area contributed by atoms with Crippen LogP contribution in [0.15, 0.2) is 0 Å². The van der Waals surface area contributed by atoms with Crippen LogP contribution in [0.3, 0.4) is 0 Å². The summed E-state index contributed by atoms with van der Waals surface area (Å²) in [7, 11) is 0. The highest BCUT2D eigenvalue weighted by Gasteiger charge is 1.94. The molecule has 0 aliphatic rings. The van der Waals surface area contributed by atoms with Crippen molar-refractivity contribution in [2.45, 2.75) is 13.3 Å². The van der Waals surface area contributed by atoms with Gasteiger partial charge in [0.2, 0.25) is 0 Å². The Morgan fingerprint density at radius 3 is 2.67 bits per heavy atom. The molecule has 0 spiro atoms. The minimum atomic E-state index is -0.331. The molecule has 0 aromatic heterocycles. The molecule has 0 rings (SSSR count). The highest BCUT2D eigenvalue weighted by Crippen LogP contribution is 1.79. The molecule has 54 valence electrons. The molecule has 0 aliphatic carbocycles. The zero-order valence-corrected chi connectivity index (χ0v) is 6.03.